The Bertz CT molecular complexity index is 75.1. The van der Waals surface area contributed by atoms with Gasteiger partial charge in [-0.05, 0) is 19.3 Å². The Morgan fingerprint density at radius 2 is 2.00 bits per heavy atom. The Labute approximate surface area is 49.1 Å². The van der Waals surface area contributed by atoms with Gasteiger partial charge in [0, 0.05) is 6.42 Å². The molecule has 0 N–H and O–H groups in total. The fraction of sp³-hybridized carbons (Fsp3) is 0.833. The number of alkyl halides is 1. The van der Waals surface area contributed by atoms with Gasteiger partial charge in [-0.3, -0.25) is 4.39 Å². The van der Waals surface area contributed by atoms with Crippen molar-refractivity contribution in [3.05, 3.63) is 0 Å². The number of nitriles is 1. The fourth-order valence-corrected chi connectivity index (χ4v) is 0.475. The predicted octanol–water partition coefficient (Wildman–Crippen LogP) is 2.04. The lowest BCUT2D eigenvalue weighted by Gasteiger charge is -1.87. The van der Waals surface area contributed by atoms with Crippen molar-refractivity contribution in [1.29, 1.82) is 5.26 Å². The van der Waals surface area contributed by atoms with Crippen molar-refractivity contribution in [1.82, 2.24) is 0 Å². The average molecular weight is 115 g/mol. The molecule has 8 heavy (non-hydrogen) atoms. The summed E-state index contributed by atoms with van der Waals surface area (Å²) in [6.07, 6.45) is 2.88. The molecule has 0 unspecified atom stereocenters. The monoisotopic (exact) mass is 115 g/mol. The van der Waals surface area contributed by atoms with E-state index in [2.05, 4.69) is 0 Å². The predicted molar refractivity (Wildman–Crippen MR) is 30.1 cm³/mol. The summed E-state index contributed by atoms with van der Waals surface area (Å²) in [7, 11) is 0. The SMILES string of the molecule is N#CCCCCCF. The second kappa shape index (κ2) is 6.42. The van der Waals surface area contributed by atoms with E-state index in [1.54, 1.807) is 0 Å². The zero-order valence-electron chi connectivity index (χ0n) is 4.86. The molecule has 0 amide bonds. The highest BCUT2D eigenvalue weighted by molar-refractivity contribution is 4.67. The lowest BCUT2D eigenvalue weighted by molar-refractivity contribution is 0.457. The van der Waals surface area contributed by atoms with Gasteiger partial charge in [0.1, 0.15) is 0 Å². The highest BCUT2D eigenvalue weighted by Gasteiger charge is 1.84. The Balaban J connectivity index is 2.65. The molecule has 0 aliphatic carbocycles. The van der Waals surface area contributed by atoms with E-state index in [-0.39, 0.29) is 6.67 Å². The highest BCUT2D eigenvalue weighted by Crippen LogP contribution is 1.97. The van der Waals surface area contributed by atoms with Crippen LogP contribution in [0.1, 0.15) is 25.7 Å². The van der Waals surface area contributed by atoms with E-state index < -0.39 is 0 Å². The zero-order valence-corrected chi connectivity index (χ0v) is 4.86. The minimum Gasteiger partial charge on any atom is -0.251 e. The van der Waals surface area contributed by atoms with Crippen molar-refractivity contribution in [3.63, 3.8) is 0 Å². The van der Waals surface area contributed by atoms with Gasteiger partial charge in [0.25, 0.3) is 0 Å². The lowest BCUT2D eigenvalue weighted by Crippen LogP contribution is -1.76. The van der Waals surface area contributed by atoms with Gasteiger partial charge in [0.05, 0.1) is 12.7 Å². The third-order valence-corrected chi connectivity index (χ3v) is 0.922. The molecule has 0 fully saturated rings. The maximum Gasteiger partial charge on any atom is 0.0894 e. The van der Waals surface area contributed by atoms with E-state index in [1.807, 2.05) is 6.07 Å². The molecule has 0 atom stereocenters. The summed E-state index contributed by atoms with van der Waals surface area (Å²) < 4.78 is 11.3. The van der Waals surface area contributed by atoms with Crippen LogP contribution in [-0.2, 0) is 0 Å². The van der Waals surface area contributed by atoms with Crippen LogP contribution in [-0.4, -0.2) is 6.67 Å². The molecule has 0 aromatic carbocycles. The summed E-state index contributed by atoms with van der Waals surface area (Å²) in [6.45, 7) is -0.245. The van der Waals surface area contributed by atoms with Crippen LogP contribution in [0.5, 0.6) is 0 Å². The molecule has 0 radical (unpaired) electrons. The number of hydrogen-bond acceptors (Lipinski definition) is 1. The first-order chi connectivity index (χ1) is 3.91. The fourth-order valence-electron chi connectivity index (χ4n) is 0.475. The molecule has 0 aromatic rings. The Kier molecular flexibility index (Phi) is 5.95. The molecule has 2 heteroatoms. The van der Waals surface area contributed by atoms with Gasteiger partial charge in [-0.25, -0.2) is 0 Å². The van der Waals surface area contributed by atoms with E-state index in [0.29, 0.717) is 12.8 Å². The Morgan fingerprint density at radius 3 is 2.50 bits per heavy atom. The Hall–Kier alpha value is -0.580. The van der Waals surface area contributed by atoms with Gasteiger partial charge in [0.15, 0.2) is 0 Å². The van der Waals surface area contributed by atoms with Crippen molar-refractivity contribution >= 4 is 0 Å². The quantitative estimate of drug-likeness (QED) is 0.514. The molecule has 0 heterocycles. The van der Waals surface area contributed by atoms with Gasteiger partial charge >= 0.3 is 0 Å². The maximum absolute atomic E-state index is 11.3. The number of rotatable bonds is 4. The average Bonchev–Trinajstić information content (AvgIpc) is 1.81. The van der Waals surface area contributed by atoms with Crippen LogP contribution in [0.2, 0.25) is 0 Å². The maximum atomic E-state index is 11.3. The molecule has 0 rings (SSSR count). The molecule has 0 aliphatic rings. The van der Waals surface area contributed by atoms with Crippen LogP contribution in [0.4, 0.5) is 4.39 Å². The zero-order chi connectivity index (χ0) is 6.24. The Morgan fingerprint density at radius 1 is 1.25 bits per heavy atom. The summed E-state index contributed by atoms with van der Waals surface area (Å²) >= 11 is 0. The van der Waals surface area contributed by atoms with E-state index in [1.165, 1.54) is 0 Å². The van der Waals surface area contributed by atoms with E-state index in [0.717, 1.165) is 12.8 Å². The number of unbranched alkanes of at least 4 members (excludes halogenated alkanes) is 3. The first kappa shape index (κ1) is 7.42. The lowest BCUT2D eigenvalue weighted by atomic mass is 10.2. The summed E-state index contributed by atoms with van der Waals surface area (Å²) in [6, 6.07) is 2.00. The molecule has 0 aliphatic heterocycles. The van der Waals surface area contributed by atoms with Gasteiger partial charge in [-0.15, -0.1) is 0 Å². The van der Waals surface area contributed by atoms with Crippen molar-refractivity contribution < 1.29 is 4.39 Å². The van der Waals surface area contributed by atoms with Gasteiger partial charge in [-0.2, -0.15) is 5.26 Å². The number of halogens is 1. The third-order valence-electron chi connectivity index (χ3n) is 0.922. The van der Waals surface area contributed by atoms with Crippen LogP contribution >= 0.6 is 0 Å². The first-order valence-corrected chi connectivity index (χ1v) is 2.84. The van der Waals surface area contributed by atoms with Gasteiger partial charge in [0.2, 0.25) is 0 Å². The molecular formula is C6H10FN. The number of nitrogens with zero attached hydrogens (tertiary/aromatic N) is 1. The van der Waals surface area contributed by atoms with Crippen LogP contribution < -0.4 is 0 Å². The number of hydrogen-bond donors (Lipinski definition) is 0. The minimum absolute atomic E-state index is 0.245. The van der Waals surface area contributed by atoms with E-state index in [4.69, 9.17) is 5.26 Å². The molecular weight excluding hydrogens is 105 g/mol. The first-order valence-electron chi connectivity index (χ1n) is 2.84. The normalized spacial score (nSPS) is 8.50. The van der Waals surface area contributed by atoms with Gasteiger partial charge < -0.3 is 0 Å². The van der Waals surface area contributed by atoms with Crippen LogP contribution in [0, 0.1) is 11.3 Å². The van der Waals surface area contributed by atoms with E-state index >= 15 is 0 Å². The molecule has 1 nitrogen and oxygen atoms in total. The van der Waals surface area contributed by atoms with E-state index in [9.17, 15) is 4.39 Å². The molecule has 0 aromatic heterocycles. The van der Waals surface area contributed by atoms with Crippen molar-refractivity contribution in [2.45, 2.75) is 25.7 Å². The van der Waals surface area contributed by atoms with Crippen molar-refractivity contribution in [3.8, 4) is 6.07 Å². The summed E-state index contributed by atoms with van der Waals surface area (Å²) in [5.41, 5.74) is 0. The van der Waals surface area contributed by atoms with Crippen LogP contribution in [0.3, 0.4) is 0 Å². The molecule has 0 saturated heterocycles. The van der Waals surface area contributed by atoms with Crippen LogP contribution in [0.15, 0.2) is 0 Å². The second-order valence-corrected chi connectivity index (χ2v) is 1.66. The third kappa shape index (κ3) is 5.42. The summed E-state index contributed by atoms with van der Waals surface area (Å²) in [5, 5.41) is 8.02. The molecule has 0 saturated carbocycles. The van der Waals surface area contributed by atoms with Gasteiger partial charge in [-0.1, -0.05) is 0 Å². The minimum atomic E-state index is -0.245. The van der Waals surface area contributed by atoms with Crippen LogP contribution in [0.25, 0.3) is 0 Å². The molecule has 0 spiro atoms. The standard InChI is InChI=1S/C6H10FN/c7-5-3-1-2-4-6-8/h1-5H2. The molecule has 46 valence electrons. The summed E-state index contributed by atoms with van der Waals surface area (Å²) in [5.74, 6) is 0. The highest BCUT2D eigenvalue weighted by atomic mass is 19.1. The van der Waals surface area contributed by atoms with Crippen molar-refractivity contribution in [2.75, 3.05) is 6.67 Å². The largest absolute Gasteiger partial charge is 0.251 e. The van der Waals surface area contributed by atoms with Crippen molar-refractivity contribution in [2.24, 2.45) is 0 Å². The summed E-state index contributed by atoms with van der Waals surface area (Å²) in [4.78, 5) is 0. The smallest absolute Gasteiger partial charge is 0.0894 e. The topological polar surface area (TPSA) is 23.8 Å². The second-order valence-electron chi connectivity index (χ2n) is 1.66. The molecule has 0 bridgehead atoms.